The first-order chi connectivity index (χ1) is 9.78. The van der Waals surface area contributed by atoms with E-state index in [1.807, 2.05) is 30.1 Å². The predicted octanol–water partition coefficient (Wildman–Crippen LogP) is 2.42. The van der Waals surface area contributed by atoms with E-state index < -0.39 is 0 Å². The van der Waals surface area contributed by atoms with Gasteiger partial charge in [0.2, 0.25) is 0 Å². The number of imidazole rings is 1. The second kappa shape index (κ2) is 5.63. The van der Waals surface area contributed by atoms with Gasteiger partial charge in [-0.3, -0.25) is 9.67 Å². The number of halogens is 1. The van der Waals surface area contributed by atoms with Gasteiger partial charge in [-0.15, -0.1) is 11.6 Å². The van der Waals surface area contributed by atoms with Crippen LogP contribution in [0.3, 0.4) is 0 Å². The molecular formula is C14H16ClN5. The predicted molar refractivity (Wildman–Crippen MR) is 78.9 cm³/mol. The third-order valence-electron chi connectivity index (χ3n) is 3.26. The number of aromatic nitrogens is 5. The summed E-state index contributed by atoms with van der Waals surface area (Å²) in [4.78, 5) is 8.73. The van der Waals surface area contributed by atoms with Crippen molar-refractivity contribution >= 4 is 22.6 Å². The zero-order valence-electron chi connectivity index (χ0n) is 11.3. The number of hydrogen-bond acceptors (Lipinski definition) is 3. The van der Waals surface area contributed by atoms with Crippen LogP contribution in [0, 0.1) is 6.92 Å². The summed E-state index contributed by atoms with van der Waals surface area (Å²) in [5.74, 6) is 1.57. The molecule has 20 heavy (non-hydrogen) atoms. The van der Waals surface area contributed by atoms with Crippen molar-refractivity contribution in [2.75, 3.05) is 5.88 Å². The van der Waals surface area contributed by atoms with Gasteiger partial charge >= 0.3 is 0 Å². The SMILES string of the molecule is Cc1cnn(CCn2c(CCCl)nc3cnccc32)c1. The fourth-order valence-corrected chi connectivity index (χ4v) is 2.52. The molecule has 0 aliphatic heterocycles. The van der Waals surface area contributed by atoms with E-state index in [-0.39, 0.29) is 0 Å². The summed E-state index contributed by atoms with van der Waals surface area (Å²) in [7, 11) is 0. The van der Waals surface area contributed by atoms with Crippen molar-refractivity contribution in [2.24, 2.45) is 0 Å². The quantitative estimate of drug-likeness (QED) is 0.678. The van der Waals surface area contributed by atoms with Crippen LogP contribution in [0.5, 0.6) is 0 Å². The van der Waals surface area contributed by atoms with Crippen LogP contribution in [-0.2, 0) is 19.5 Å². The van der Waals surface area contributed by atoms with Crippen LogP contribution in [0.1, 0.15) is 11.4 Å². The summed E-state index contributed by atoms with van der Waals surface area (Å²) in [6, 6.07) is 1.99. The molecule has 0 atom stereocenters. The third kappa shape index (κ3) is 2.54. The molecule has 0 aliphatic rings. The highest BCUT2D eigenvalue weighted by Crippen LogP contribution is 2.16. The molecule has 0 saturated carbocycles. The van der Waals surface area contributed by atoms with Crippen molar-refractivity contribution in [1.82, 2.24) is 24.3 Å². The van der Waals surface area contributed by atoms with E-state index in [1.54, 1.807) is 12.4 Å². The maximum Gasteiger partial charge on any atom is 0.111 e. The Kier molecular flexibility index (Phi) is 3.69. The smallest absolute Gasteiger partial charge is 0.111 e. The molecule has 6 heteroatoms. The third-order valence-corrected chi connectivity index (χ3v) is 3.45. The maximum atomic E-state index is 5.87. The minimum atomic E-state index is 0.567. The number of rotatable bonds is 5. The number of nitrogens with zero attached hydrogens (tertiary/aromatic N) is 5. The number of aryl methyl sites for hydroxylation is 4. The molecule has 3 rings (SSSR count). The number of pyridine rings is 1. The maximum absolute atomic E-state index is 5.87. The van der Waals surface area contributed by atoms with Gasteiger partial charge in [0.05, 0.1) is 24.5 Å². The van der Waals surface area contributed by atoms with Crippen molar-refractivity contribution in [2.45, 2.75) is 26.4 Å². The van der Waals surface area contributed by atoms with E-state index in [0.717, 1.165) is 36.4 Å². The highest BCUT2D eigenvalue weighted by Gasteiger charge is 2.10. The highest BCUT2D eigenvalue weighted by atomic mass is 35.5. The molecule has 0 unspecified atom stereocenters. The fourth-order valence-electron chi connectivity index (χ4n) is 2.35. The van der Waals surface area contributed by atoms with Crippen LogP contribution in [0.2, 0.25) is 0 Å². The Balaban J connectivity index is 1.90. The molecule has 0 bridgehead atoms. The van der Waals surface area contributed by atoms with Crippen LogP contribution in [0.15, 0.2) is 30.9 Å². The van der Waals surface area contributed by atoms with Crippen LogP contribution in [-0.4, -0.2) is 30.2 Å². The molecule has 0 fully saturated rings. The number of alkyl halides is 1. The van der Waals surface area contributed by atoms with E-state index in [2.05, 4.69) is 19.6 Å². The lowest BCUT2D eigenvalue weighted by Gasteiger charge is -2.08. The van der Waals surface area contributed by atoms with E-state index in [4.69, 9.17) is 11.6 Å². The largest absolute Gasteiger partial charge is 0.326 e. The lowest BCUT2D eigenvalue weighted by molar-refractivity contribution is 0.529. The monoisotopic (exact) mass is 289 g/mol. The zero-order valence-corrected chi connectivity index (χ0v) is 12.1. The molecule has 0 radical (unpaired) electrons. The Morgan fingerprint density at radius 2 is 2.15 bits per heavy atom. The first-order valence-electron chi connectivity index (χ1n) is 6.62. The summed E-state index contributed by atoms with van der Waals surface area (Å²) >= 11 is 5.87. The molecule has 3 heterocycles. The minimum Gasteiger partial charge on any atom is -0.326 e. The van der Waals surface area contributed by atoms with Crippen LogP contribution >= 0.6 is 11.6 Å². The standard InChI is InChI=1S/C14H16ClN5/c1-11-8-17-19(10-11)6-7-20-13-3-5-16-9-12(13)18-14(20)2-4-15/h3,5,8-10H,2,4,6-7H2,1H3. The van der Waals surface area contributed by atoms with Gasteiger partial charge in [0.15, 0.2) is 0 Å². The first kappa shape index (κ1) is 13.1. The van der Waals surface area contributed by atoms with Crippen molar-refractivity contribution in [1.29, 1.82) is 0 Å². The molecule has 3 aromatic heterocycles. The second-order valence-corrected chi connectivity index (χ2v) is 5.14. The van der Waals surface area contributed by atoms with Gasteiger partial charge in [0.1, 0.15) is 11.3 Å². The molecule has 0 aromatic carbocycles. The van der Waals surface area contributed by atoms with Gasteiger partial charge in [0.25, 0.3) is 0 Å². The van der Waals surface area contributed by atoms with E-state index in [0.29, 0.717) is 5.88 Å². The Hall–Kier alpha value is -1.88. The van der Waals surface area contributed by atoms with E-state index >= 15 is 0 Å². The number of fused-ring (bicyclic) bond motifs is 1. The fraction of sp³-hybridized carbons (Fsp3) is 0.357. The Bertz CT molecular complexity index is 715. The summed E-state index contributed by atoms with van der Waals surface area (Å²) in [6.07, 6.45) is 8.26. The Morgan fingerprint density at radius 1 is 1.25 bits per heavy atom. The highest BCUT2D eigenvalue weighted by molar-refractivity contribution is 6.17. The summed E-state index contributed by atoms with van der Waals surface area (Å²) in [6.45, 7) is 3.69. The molecule has 5 nitrogen and oxygen atoms in total. The Labute approximate surface area is 122 Å². The van der Waals surface area contributed by atoms with Crippen molar-refractivity contribution in [3.63, 3.8) is 0 Å². The first-order valence-corrected chi connectivity index (χ1v) is 7.15. The van der Waals surface area contributed by atoms with Crippen molar-refractivity contribution < 1.29 is 0 Å². The lowest BCUT2D eigenvalue weighted by atomic mass is 10.4. The average Bonchev–Trinajstić information content (AvgIpc) is 3.00. The molecule has 3 aromatic rings. The second-order valence-electron chi connectivity index (χ2n) is 4.76. The van der Waals surface area contributed by atoms with Crippen molar-refractivity contribution in [3.8, 4) is 0 Å². The topological polar surface area (TPSA) is 48.5 Å². The molecule has 0 aliphatic carbocycles. The van der Waals surface area contributed by atoms with Gasteiger partial charge in [-0.2, -0.15) is 5.10 Å². The van der Waals surface area contributed by atoms with Gasteiger partial charge < -0.3 is 4.57 Å². The van der Waals surface area contributed by atoms with E-state index in [9.17, 15) is 0 Å². The van der Waals surface area contributed by atoms with Gasteiger partial charge in [0, 0.05) is 31.2 Å². The normalized spacial score (nSPS) is 11.3. The van der Waals surface area contributed by atoms with Crippen LogP contribution in [0.25, 0.3) is 11.0 Å². The average molecular weight is 290 g/mol. The zero-order chi connectivity index (χ0) is 13.9. The minimum absolute atomic E-state index is 0.567. The Morgan fingerprint density at radius 3 is 2.90 bits per heavy atom. The van der Waals surface area contributed by atoms with Crippen LogP contribution in [0.4, 0.5) is 0 Å². The molecular weight excluding hydrogens is 274 g/mol. The number of hydrogen-bond donors (Lipinski definition) is 0. The molecule has 104 valence electrons. The summed E-state index contributed by atoms with van der Waals surface area (Å²) in [5, 5.41) is 4.32. The lowest BCUT2D eigenvalue weighted by Crippen LogP contribution is -2.11. The molecule has 0 N–H and O–H groups in total. The van der Waals surface area contributed by atoms with Gasteiger partial charge in [-0.05, 0) is 18.6 Å². The summed E-state index contributed by atoms with van der Waals surface area (Å²) in [5.41, 5.74) is 3.19. The van der Waals surface area contributed by atoms with E-state index in [1.165, 1.54) is 5.56 Å². The van der Waals surface area contributed by atoms with Gasteiger partial charge in [-0.1, -0.05) is 0 Å². The molecule has 0 amide bonds. The summed E-state index contributed by atoms with van der Waals surface area (Å²) < 4.78 is 4.16. The van der Waals surface area contributed by atoms with Crippen LogP contribution < -0.4 is 0 Å². The molecule has 0 spiro atoms. The van der Waals surface area contributed by atoms with Gasteiger partial charge in [-0.25, -0.2) is 4.98 Å². The van der Waals surface area contributed by atoms with Crippen molar-refractivity contribution in [3.05, 3.63) is 42.2 Å². The molecule has 0 saturated heterocycles.